The molecule has 0 radical (unpaired) electrons. The summed E-state index contributed by atoms with van der Waals surface area (Å²) in [6.45, 7) is -2.30. The molecule has 19 heteroatoms. The van der Waals surface area contributed by atoms with Gasteiger partial charge in [-0.15, -0.1) is 0 Å². The Bertz CT molecular complexity index is 1020. The van der Waals surface area contributed by atoms with Crippen molar-refractivity contribution in [2.75, 3.05) is 39.5 Å². The van der Waals surface area contributed by atoms with E-state index < -0.39 is 67.5 Å². The van der Waals surface area contributed by atoms with Crippen molar-refractivity contribution in [2.24, 2.45) is 5.92 Å². The molecule has 3 unspecified atom stereocenters. The highest BCUT2D eigenvalue weighted by molar-refractivity contribution is 9.10. The summed E-state index contributed by atoms with van der Waals surface area (Å²) in [6, 6.07) is 7.01. The maximum atomic E-state index is 12.8. The molecule has 1 aliphatic rings. The van der Waals surface area contributed by atoms with Crippen LogP contribution in [0.4, 0.5) is 14.4 Å². The van der Waals surface area contributed by atoms with Crippen LogP contribution in [0, 0.1) is 5.92 Å². The molecule has 0 aliphatic carbocycles. The molecule has 0 N–H and O–H groups in total. The molecule has 1 heterocycles. The van der Waals surface area contributed by atoms with Gasteiger partial charge in [0.25, 0.3) is 0 Å². The van der Waals surface area contributed by atoms with Crippen molar-refractivity contribution in [3.8, 4) is 0 Å². The summed E-state index contributed by atoms with van der Waals surface area (Å²) in [5.74, 6) is -1.34. The predicted molar refractivity (Wildman–Crippen MR) is 158 cm³/mol. The molecule has 1 fully saturated rings. The molecular weight excluding hydrogens is 793 g/mol. The van der Waals surface area contributed by atoms with E-state index in [1.54, 1.807) is 24.3 Å². The number of hydrogen-bond donors (Lipinski definition) is 0. The molecule has 0 saturated carbocycles. The van der Waals surface area contributed by atoms with Gasteiger partial charge in [-0.2, -0.15) is 0 Å². The average Bonchev–Trinajstić information content (AvgIpc) is 2.82. The average molecular weight is 812 g/mol. The van der Waals surface area contributed by atoms with Crippen molar-refractivity contribution in [2.45, 2.75) is 23.4 Å². The first-order valence-electron chi connectivity index (χ1n) is 10.8. The summed E-state index contributed by atoms with van der Waals surface area (Å²) < 4.78 is 20.7. The normalized spacial score (nSPS) is 19.9. The van der Waals surface area contributed by atoms with E-state index in [-0.39, 0.29) is 19.7 Å². The topological polar surface area (TPSA) is 101 Å². The number of halogens is 10. The molecule has 1 aliphatic heterocycles. The lowest BCUT2D eigenvalue weighted by molar-refractivity contribution is -0.0437. The fourth-order valence-corrected chi connectivity index (χ4v) is 4.34. The molecule has 1 aromatic rings. The molecule has 9 nitrogen and oxygen atoms in total. The van der Waals surface area contributed by atoms with E-state index in [0.29, 0.717) is 5.56 Å². The van der Waals surface area contributed by atoms with Crippen molar-refractivity contribution in [1.29, 1.82) is 0 Å². The molecule has 3 atom stereocenters. The van der Waals surface area contributed by atoms with Crippen LogP contribution in [-0.2, 0) is 23.7 Å². The number of amides is 1. The zero-order chi connectivity index (χ0) is 30.3. The van der Waals surface area contributed by atoms with Gasteiger partial charge < -0.3 is 28.6 Å². The van der Waals surface area contributed by atoms with Gasteiger partial charge in [0.1, 0.15) is 32.5 Å². The van der Waals surface area contributed by atoms with Crippen LogP contribution in [-0.4, -0.2) is 80.3 Å². The number of alkyl halides is 9. The Morgan fingerprint density at radius 3 is 1.77 bits per heavy atom. The van der Waals surface area contributed by atoms with E-state index in [9.17, 15) is 14.4 Å². The molecule has 1 saturated heterocycles. The Morgan fingerprint density at radius 1 is 0.750 bits per heavy atom. The Morgan fingerprint density at radius 2 is 1.25 bits per heavy atom. The molecule has 40 heavy (non-hydrogen) atoms. The smallest absolute Gasteiger partial charge is 0.445 e. The number of carbonyl (C=O) groups excluding carboxylic acids is 3. The quantitative estimate of drug-likeness (QED) is 0.154. The molecule has 226 valence electrons. The molecular formula is C21H19BrCl9NO8. The number of piperidine rings is 1. The fraction of sp³-hybridized carbons (Fsp3) is 0.571. The lowest BCUT2D eigenvalue weighted by atomic mass is 9.79. The van der Waals surface area contributed by atoms with Crippen LogP contribution in [0.1, 0.15) is 11.5 Å². The Kier molecular flexibility index (Phi) is 14.3. The van der Waals surface area contributed by atoms with Gasteiger partial charge in [-0.05, 0) is 17.7 Å². The molecule has 0 aromatic heterocycles. The standard InChI is InChI=1S/C21H19BrCl9NO8/c22-13-3-1-11(2-4-13)15-12(7-36-17(34)38-9-20(26,27)28)5-32(16(33)37-8-19(23,24)25)6-14(15)40-18(35)39-10-21(29,30)31/h1-4,12,14-15H,5-10H2. The molecule has 1 amide bonds. The van der Waals surface area contributed by atoms with E-state index in [1.807, 2.05) is 0 Å². The summed E-state index contributed by atoms with van der Waals surface area (Å²) in [4.78, 5) is 38.7. The van der Waals surface area contributed by atoms with Gasteiger partial charge in [0.15, 0.2) is 0 Å². The highest BCUT2D eigenvalue weighted by atomic mass is 79.9. The van der Waals surface area contributed by atoms with Gasteiger partial charge in [-0.25, -0.2) is 14.4 Å². The molecule has 0 spiro atoms. The van der Waals surface area contributed by atoms with Crippen LogP contribution in [0.25, 0.3) is 0 Å². The number of carbonyl (C=O) groups is 3. The summed E-state index contributed by atoms with van der Waals surface area (Å²) in [7, 11) is 0. The second kappa shape index (κ2) is 15.7. The number of benzene rings is 1. The van der Waals surface area contributed by atoms with E-state index in [0.717, 1.165) is 4.47 Å². The van der Waals surface area contributed by atoms with Gasteiger partial charge in [-0.3, -0.25) is 0 Å². The van der Waals surface area contributed by atoms with Crippen molar-refractivity contribution in [3.63, 3.8) is 0 Å². The Balaban J connectivity index is 2.34. The summed E-state index contributed by atoms with van der Waals surface area (Å²) in [5.41, 5.74) is 0.667. The fourth-order valence-electron chi connectivity index (χ4n) is 3.58. The zero-order valence-corrected chi connectivity index (χ0v) is 28.2. The van der Waals surface area contributed by atoms with Gasteiger partial charge in [-0.1, -0.05) is 132 Å². The van der Waals surface area contributed by atoms with Crippen LogP contribution in [0.5, 0.6) is 0 Å². The van der Waals surface area contributed by atoms with E-state index in [4.69, 9.17) is 128 Å². The first kappa shape index (κ1) is 36.3. The highest BCUT2D eigenvalue weighted by Crippen LogP contribution is 2.37. The van der Waals surface area contributed by atoms with Crippen LogP contribution in [0.3, 0.4) is 0 Å². The summed E-state index contributed by atoms with van der Waals surface area (Å²) in [6.07, 6.45) is -4.29. The van der Waals surface area contributed by atoms with Gasteiger partial charge in [0.2, 0.25) is 11.4 Å². The highest BCUT2D eigenvalue weighted by Gasteiger charge is 2.44. The minimum atomic E-state index is -1.90. The lowest BCUT2D eigenvalue weighted by Gasteiger charge is -2.42. The third-order valence-corrected chi connectivity index (χ3v) is 6.52. The van der Waals surface area contributed by atoms with Crippen molar-refractivity contribution in [1.82, 2.24) is 4.90 Å². The monoisotopic (exact) mass is 807 g/mol. The number of ether oxygens (including phenoxy) is 5. The summed E-state index contributed by atoms with van der Waals surface area (Å²) in [5, 5.41) is 0. The number of nitrogens with zero attached hydrogens (tertiary/aromatic N) is 1. The zero-order valence-electron chi connectivity index (χ0n) is 19.8. The Hall–Kier alpha value is 0.120. The third kappa shape index (κ3) is 14.1. The third-order valence-electron chi connectivity index (χ3n) is 5.01. The van der Waals surface area contributed by atoms with Gasteiger partial charge in [0.05, 0.1) is 6.54 Å². The van der Waals surface area contributed by atoms with Crippen LogP contribution in [0.2, 0.25) is 0 Å². The van der Waals surface area contributed by atoms with Crippen LogP contribution in [0.15, 0.2) is 28.7 Å². The van der Waals surface area contributed by atoms with Gasteiger partial charge >= 0.3 is 18.4 Å². The first-order valence-corrected chi connectivity index (χ1v) is 15.0. The minimum absolute atomic E-state index is 0.0415. The second-order valence-electron chi connectivity index (χ2n) is 8.19. The number of rotatable bonds is 7. The first-order chi connectivity index (χ1) is 18.3. The second-order valence-corrected chi connectivity index (χ2v) is 16.7. The Labute approximate surface area is 282 Å². The number of hydrogen-bond acceptors (Lipinski definition) is 8. The minimum Gasteiger partial charge on any atom is -0.445 e. The van der Waals surface area contributed by atoms with E-state index in [1.165, 1.54) is 4.90 Å². The van der Waals surface area contributed by atoms with Crippen LogP contribution >= 0.6 is 120 Å². The molecule has 1 aromatic carbocycles. The van der Waals surface area contributed by atoms with E-state index in [2.05, 4.69) is 15.9 Å². The molecule has 0 bridgehead atoms. The summed E-state index contributed by atoms with van der Waals surface area (Å²) >= 11 is 54.2. The maximum absolute atomic E-state index is 12.8. The lowest BCUT2D eigenvalue weighted by Crippen LogP contribution is -2.53. The van der Waals surface area contributed by atoms with Gasteiger partial charge in [0, 0.05) is 22.9 Å². The predicted octanol–water partition coefficient (Wildman–Crippen LogP) is 8.39. The largest absolute Gasteiger partial charge is 0.508 e. The number of likely N-dealkylation sites (tertiary alicyclic amines) is 1. The van der Waals surface area contributed by atoms with Crippen molar-refractivity contribution >= 4 is 139 Å². The van der Waals surface area contributed by atoms with Crippen LogP contribution < -0.4 is 0 Å². The maximum Gasteiger partial charge on any atom is 0.508 e. The SMILES string of the molecule is O=C(OCC1CN(C(=O)OCC(Cl)(Cl)Cl)CC(OC(=O)OCC(Cl)(Cl)Cl)C1c1ccc(Br)cc1)OCC(Cl)(Cl)Cl. The van der Waals surface area contributed by atoms with Crippen molar-refractivity contribution < 1.29 is 38.1 Å². The van der Waals surface area contributed by atoms with Crippen molar-refractivity contribution in [3.05, 3.63) is 34.3 Å². The van der Waals surface area contributed by atoms with E-state index >= 15 is 0 Å². The molecule has 2 rings (SSSR count).